The Labute approximate surface area is 112 Å². The second-order valence-corrected chi connectivity index (χ2v) is 5.09. The van der Waals surface area contributed by atoms with Crippen LogP contribution >= 0.6 is 0 Å². The molecule has 0 radical (unpaired) electrons. The van der Waals surface area contributed by atoms with Crippen LogP contribution in [0.25, 0.3) is 0 Å². The summed E-state index contributed by atoms with van der Waals surface area (Å²) in [4.78, 5) is 13.5. The summed E-state index contributed by atoms with van der Waals surface area (Å²) in [7, 11) is 0. The zero-order valence-corrected chi connectivity index (χ0v) is 11.0. The topological polar surface area (TPSA) is 70.0 Å². The lowest BCUT2D eigenvalue weighted by Gasteiger charge is -2.40. The zero-order chi connectivity index (χ0) is 13.9. The molecule has 1 aromatic carbocycles. The van der Waals surface area contributed by atoms with Crippen molar-refractivity contribution < 1.29 is 19.7 Å². The summed E-state index contributed by atoms with van der Waals surface area (Å²) in [6.45, 7) is 2.70. The molecule has 1 saturated heterocycles. The molecule has 1 aliphatic heterocycles. The van der Waals surface area contributed by atoms with Crippen LogP contribution in [-0.2, 0) is 16.1 Å². The van der Waals surface area contributed by atoms with Crippen LogP contribution in [0.5, 0.6) is 5.75 Å². The van der Waals surface area contributed by atoms with E-state index in [1.165, 1.54) is 0 Å². The number of nitrogens with zero attached hydrogens (tertiary/aromatic N) is 1. The van der Waals surface area contributed by atoms with Crippen molar-refractivity contribution in [2.45, 2.75) is 25.5 Å². The van der Waals surface area contributed by atoms with Gasteiger partial charge in [-0.15, -0.1) is 0 Å². The first-order valence-corrected chi connectivity index (χ1v) is 6.33. The minimum Gasteiger partial charge on any atom is -0.508 e. The maximum Gasteiger partial charge on any atom is 0.249 e. The lowest BCUT2D eigenvalue weighted by Crippen LogP contribution is -2.53. The van der Waals surface area contributed by atoms with Gasteiger partial charge in [-0.3, -0.25) is 4.79 Å². The Morgan fingerprint density at radius 2 is 2.16 bits per heavy atom. The molecule has 2 rings (SSSR count). The van der Waals surface area contributed by atoms with E-state index in [0.717, 1.165) is 0 Å². The average Bonchev–Trinajstić information content (AvgIpc) is 2.37. The van der Waals surface area contributed by atoms with Crippen LogP contribution in [0.3, 0.4) is 0 Å². The number of ether oxygens (including phenoxy) is 1. The maximum atomic E-state index is 11.9. The van der Waals surface area contributed by atoms with Crippen molar-refractivity contribution in [3.05, 3.63) is 29.8 Å². The number of aromatic hydroxyl groups is 1. The summed E-state index contributed by atoms with van der Waals surface area (Å²) < 4.78 is 5.50. The Kier molecular flexibility index (Phi) is 4.07. The first-order chi connectivity index (χ1) is 9.04. The van der Waals surface area contributed by atoms with E-state index in [1.54, 1.807) is 23.1 Å². The van der Waals surface area contributed by atoms with Crippen LogP contribution in [0.1, 0.15) is 18.9 Å². The molecule has 1 aliphatic rings. The number of hydrogen-bond acceptors (Lipinski definition) is 4. The largest absolute Gasteiger partial charge is 0.508 e. The van der Waals surface area contributed by atoms with Crippen LogP contribution in [0.2, 0.25) is 0 Å². The number of phenolic OH excluding ortho intramolecular Hbond substituents is 1. The monoisotopic (exact) mass is 265 g/mol. The fourth-order valence-corrected chi connectivity index (χ4v) is 2.25. The van der Waals surface area contributed by atoms with E-state index < -0.39 is 5.60 Å². The molecule has 19 heavy (non-hydrogen) atoms. The van der Waals surface area contributed by atoms with Gasteiger partial charge in [0, 0.05) is 31.7 Å². The summed E-state index contributed by atoms with van der Waals surface area (Å²) in [6.07, 6.45) is 0.484. The molecule has 2 N–H and O–H groups in total. The van der Waals surface area contributed by atoms with Crippen LogP contribution in [0, 0.1) is 0 Å². The highest BCUT2D eigenvalue weighted by atomic mass is 16.5. The molecule has 0 aliphatic carbocycles. The summed E-state index contributed by atoms with van der Waals surface area (Å²) in [5.74, 6) is 0.0873. The minimum absolute atomic E-state index is 0.0180. The molecule has 1 atom stereocenters. The number of hydrogen-bond donors (Lipinski definition) is 2. The van der Waals surface area contributed by atoms with Crippen molar-refractivity contribution >= 4 is 5.91 Å². The second kappa shape index (κ2) is 5.59. The molecule has 0 saturated carbocycles. The number of morpholine rings is 1. The summed E-state index contributed by atoms with van der Waals surface area (Å²) in [5.41, 5.74) is 0.191. The smallest absolute Gasteiger partial charge is 0.249 e. The van der Waals surface area contributed by atoms with E-state index in [0.29, 0.717) is 25.1 Å². The Balaban J connectivity index is 2.10. The molecule has 1 aromatic rings. The van der Waals surface area contributed by atoms with Gasteiger partial charge >= 0.3 is 0 Å². The Morgan fingerprint density at radius 3 is 2.84 bits per heavy atom. The van der Waals surface area contributed by atoms with E-state index in [9.17, 15) is 9.90 Å². The molecule has 1 unspecified atom stereocenters. The van der Waals surface area contributed by atoms with Crippen molar-refractivity contribution in [2.24, 2.45) is 0 Å². The molecule has 1 heterocycles. The van der Waals surface area contributed by atoms with Gasteiger partial charge in [0.2, 0.25) is 5.91 Å². The van der Waals surface area contributed by atoms with Crippen molar-refractivity contribution in [1.29, 1.82) is 0 Å². The number of aliphatic hydroxyl groups excluding tert-OH is 1. The molecule has 0 spiro atoms. The number of rotatable bonds is 4. The van der Waals surface area contributed by atoms with Gasteiger partial charge < -0.3 is 19.8 Å². The molecule has 1 fully saturated rings. The number of carbonyl (C=O) groups is 1. The highest BCUT2D eigenvalue weighted by Gasteiger charge is 2.35. The van der Waals surface area contributed by atoms with E-state index in [4.69, 9.17) is 9.84 Å². The number of para-hydroxylation sites is 1. The predicted octanol–water partition coefficient (Wildman–Crippen LogP) is 0.892. The van der Waals surface area contributed by atoms with Gasteiger partial charge in [0.15, 0.2) is 0 Å². The molecule has 104 valence electrons. The third kappa shape index (κ3) is 3.24. The normalized spacial score (nSPS) is 23.7. The minimum atomic E-state index is -0.521. The summed E-state index contributed by atoms with van der Waals surface area (Å²) >= 11 is 0. The molecule has 5 heteroatoms. The second-order valence-electron chi connectivity index (χ2n) is 5.09. The lowest BCUT2D eigenvalue weighted by molar-refractivity contribution is -0.164. The van der Waals surface area contributed by atoms with Gasteiger partial charge in [-0.25, -0.2) is 0 Å². The van der Waals surface area contributed by atoms with Crippen molar-refractivity contribution in [2.75, 3.05) is 19.8 Å². The summed E-state index contributed by atoms with van der Waals surface area (Å²) in [6, 6.07) is 6.97. The Hall–Kier alpha value is -1.59. The van der Waals surface area contributed by atoms with Crippen molar-refractivity contribution in [1.82, 2.24) is 4.90 Å². The van der Waals surface area contributed by atoms with Gasteiger partial charge in [0.05, 0.1) is 5.60 Å². The van der Waals surface area contributed by atoms with Crippen molar-refractivity contribution in [3.63, 3.8) is 0 Å². The van der Waals surface area contributed by atoms with Gasteiger partial charge in [-0.2, -0.15) is 0 Å². The maximum absolute atomic E-state index is 11.9. The standard InChI is InChI=1S/C14H19NO4/c1-14(6-7-16)10-15(13(18)9-19-14)8-11-4-2-3-5-12(11)17/h2-5,16-17H,6-10H2,1H3. The van der Waals surface area contributed by atoms with Crippen LogP contribution in [0.15, 0.2) is 24.3 Å². The van der Waals surface area contributed by atoms with Gasteiger partial charge in [0.1, 0.15) is 12.4 Å². The lowest BCUT2D eigenvalue weighted by atomic mass is 9.99. The van der Waals surface area contributed by atoms with Crippen molar-refractivity contribution in [3.8, 4) is 5.75 Å². The summed E-state index contributed by atoms with van der Waals surface area (Å²) in [5, 5.41) is 18.8. The molecule has 1 amide bonds. The third-order valence-corrected chi connectivity index (χ3v) is 3.42. The van der Waals surface area contributed by atoms with Gasteiger partial charge in [-0.1, -0.05) is 18.2 Å². The predicted molar refractivity (Wildman–Crippen MR) is 69.6 cm³/mol. The molecule has 5 nitrogen and oxygen atoms in total. The number of benzene rings is 1. The van der Waals surface area contributed by atoms with E-state index in [1.807, 2.05) is 13.0 Å². The molecular weight excluding hydrogens is 246 g/mol. The van der Waals surface area contributed by atoms with E-state index in [2.05, 4.69) is 0 Å². The van der Waals surface area contributed by atoms with Gasteiger partial charge in [0.25, 0.3) is 0 Å². The molecule has 0 bridgehead atoms. The molecular formula is C14H19NO4. The number of aliphatic hydroxyl groups is 1. The van der Waals surface area contributed by atoms with E-state index >= 15 is 0 Å². The number of phenols is 1. The van der Waals surface area contributed by atoms with Crippen LogP contribution < -0.4 is 0 Å². The first-order valence-electron chi connectivity index (χ1n) is 6.33. The third-order valence-electron chi connectivity index (χ3n) is 3.42. The Morgan fingerprint density at radius 1 is 1.42 bits per heavy atom. The highest BCUT2D eigenvalue weighted by molar-refractivity contribution is 5.78. The first kappa shape index (κ1) is 13.8. The number of carbonyl (C=O) groups excluding carboxylic acids is 1. The van der Waals surface area contributed by atoms with E-state index in [-0.39, 0.29) is 24.9 Å². The Bertz CT molecular complexity index is 463. The molecule has 0 aromatic heterocycles. The quantitative estimate of drug-likeness (QED) is 0.848. The average molecular weight is 265 g/mol. The fourth-order valence-electron chi connectivity index (χ4n) is 2.25. The van der Waals surface area contributed by atoms with Crippen LogP contribution in [-0.4, -0.2) is 46.4 Å². The zero-order valence-electron chi connectivity index (χ0n) is 11.0. The van der Waals surface area contributed by atoms with Gasteiger partial charge in [-0.05, 0) is 13.0 Å². The highest BCUT2D eigenvalue weighted by Crippen LogP contribution is 2.25. The number of amides is 1. The SMILES string of the molecule is CC1(CCO)CN(Cc2ccccc2O)C(=O)CO1. The van der Waals surface area contributed by atoms with Crippen LogP contribution in [0.4, 0.5) is 0 Å². The fraction of sp³-hybridized carbons (Fsp3) is 0.500.